The molecule has 0 fully saturated rings. The topological polar surface area (TPSA) is 33.4 Å². The standard InChI is InChI=1S/C11H9BrO2/c12-9-5-3-8(4-6-9)11(13)10-2-1-7-14-10/h1-7,11,13H. The van der Waals surface area contributed by atoms with Crippen molar-refractivity contribution in [3.8, 4) is 0 Å². The van der Waals surface area contributed by atoms with E-state index in [0.29, 0.717) is 5.76 Å². The second kappa shape index (κ2) is 3.98. The van der Waals surface area contributed by atoms with Crippen LogP contribution in [0.4, 0.5) is 0 Å². The van der Waals surface area contributed by atoms with Gasteiger partial charge in [-0.2, -0.15) is 0 Å². The fourth-order valence-corrected chi connectivity index (χ4v) is 1.52. The number of hydrogen-bond acceptors (Lipinski definition) is 2. The summed E-state index contributed by atoms with van der Waals surface area (Å²) in [5, 5.41) is 9.86. The van der Waals surface area contributed by atoms with Crippen molar-refractivity contribution in [2.24, 2.45) is 0 Å². The monoisotopic (exact) mass is 252 g/mol. The molecule has 0 saturated heterocycles. The lowest BCUT2D eigenvalue weighted by atomic mass is 10.1. The highest BCUT2D eigenvalue weighted by atomic mass is 79.9. The third kappa shape index (κ3) is 1.89. The van der Waals surface area contributed by atoms with E-state index >= 15 is 0 Å². The summed E-state index contributed by atoms with van der Waals surface area (Å²) in [4.78, 5) is 0. The number of aliphatic hydroxyl groups excluding tert-OH is 1. The number of furan rings is 1. The highest BCUT2D eigenvalue weighted by Crippen LogP contribution is 2.23. The fourth-order valence-electron chi connectivity index (χ4n) is 1.26. The molecule has 0 bridgehead atoms. The molecule has 1 heterocycles. The lowest BCUT2D eigenvalue weighted by Crippen LogP contribution is -1.97. The summed E-state index contributed by atoms with van der Waals surface area (Å²) >= 11 is 3.34. The first kappa shape index (κ1) is 9.49. The van der Waals surface area contributed by atoms with Crippen LogP contribution in [0.5, 0.6) is 0 Å². The molecule has 1 aromatic heterocycles. The van der Waals surface area contributed by atoms with Gasteiger partial charge >= 0.3 is 0 Å². The van der Waals surface area contributed by atoms with E-state index in [1.807, 2.05) is 24.3 Å². The second-order valence-corrected chi connectivity index (χ2v) is 3.89. The van der Waals surface area contributed by atoms with Crippen molar-refractivity contribution < 1.29 is 9.52 Å². The maximum atomic E-state index is 9.86. The highest BCUT2D eigenvalue weighted by molar-refractivity contribution is 9.10. The molecule has 0 saturated carbocycles. The van der Waals surface area contributed by atoms with Crippen LogP contribution in [0.15, 0.2) is 51.6 Å². The van der Waals surface area contributed by atoms with Crippen molar-refractivity contribution in [1.29, 1.82) is 0 Å². The van der Waals surface area contributed by atoms with Gasteiger partial charge in [0.05, 0.1) is 6.26 Å². The third-order valence-electron chi connectivity index (χ3n) is 2.00. The molecule has 72 valence electrons. The lowest BCUT2D eigenvalue weighted by molar-refractivity contribution is 0.189. The van der Waals surface area contributed by atoms with Gasteiger partial charge in [0.25, 0.3) is 0 Å². The molecule has 0 aliphatic rings. The van der Waals surface area contributed by atoms with Crippen LogP contribution in [0.25, 0.3) is 0 Å². The lowest BCUT2D eigenvalue weighted by Gasteiger charge is -2.07. The van der Waals surface area contributed by atoms with Crippen LogP contribution < -0.4 is 0 Å². The number of benzene rings is 1. The van der Waals surface area contributed by atoms with Crippen LogP contribution >= 0.6 is 15.9 Å². The second-order valence-electron chi connectivity index (χ2n) is 2.97. The summed E-state index contributed by atoms with van der Waals surface area (Å²) in [7, 11) is 0. The normalized spacial score (nSPS) is 12.7. The molecular formula is C11H9BrO2. The maximum Gasteiger partial charge on any atom is 0.137 e. The summed E-state index contributed by atoms with van der Waals surface area (Å²) in [6.45, 7) is 0. The Kier molecular flexibility index (Phi) is 2.70. The van der Waals surface area contributed by atoms with Crippen LogP contribution in [0.1, 0.15) is 17.4 Å². The number of halogens is 1. The van der Waals surface area contributed by atoms with Gasteiger partial charge in [-0.05, 0) is 29.8 Å². The Morgan fingerprint density at radius 2 is 1.86 bits per heavy atom. The van der Waals surface area contributed by atoms with E-state index < -0.39 is 6.10 Å². The fraction of sp³-hybridized carbons (Fsp3) is 0.0909. The molecule has 1 unspecified atom stereocenters. The van der Waals surface area contributed by atoms with E-state index in [1.165, 1.54) is 0 Å². The predicted molar refractivity (Wildman–Crippen MR) is 56.9 cm³/mol. The molecule has 0 aliphatic carbocycles. The molecule has 0 spiro atoms. The minimum atomic E-state index is -0.682. The molecule has 1 aromatic carbocycles. The zero-order chi connectivity index (χ0) is 9.97. The summed E-state index contributed by atoms with van der Waals surface area (Å²) in [5.74, 6) is 0.562. The molecule has 1 N–H and O–H groups in total. The van der Waals surface area contributed by atoms with Gasteiger partial charge in [0.1, 0.15) is 11.9 Å². The summed E-state index contributed by atoms with van der Waals surface area (Å²) in [6.07, 6.45) is 0.871. The third-order valence-corrected chi connectivity index (χ3v) is 2.53. The molecule has 2 nitrogen and oxygen atoms in total. The van der Waals surface area contributed by atoms with Crippen LogP contribution in [0, 0.1) is 0 Å². The van der Waals surface area contributed by atoms with Gasteiger partial charge < -0.3 is 9.52 Å². The van der Waals surface area contributed by atoms with E-state index in [2.05, 4.69) is 15.9 Å². The van der Waals surface area contributed by atoms with Gasteiger partial charge in [-0.15, -0.1) is 0 Å². The van der Waals surface area contributed by atoms with Crippen LogP contribution in [0.2, 0.25) is 0 Å². The summed E-state index contributed by atoms with van der Waals surface area (Å²) in [6, 6.07) is 11.0. The Morgan fingerprint density at radius 1 is 1.14 bits per heavy atom. The van der Waals surface area contributed by atoms with Crippen molar-refractivity contribution in [1.82, 2.24) is 0 Å². The first-order valence-electron chi connectivity index (χ1n) is 4.24. The Bertz CT molecular complexity index is 392. The summed E-state index contributed by atoms with van der Waals surface area (Å²) < 4.78 is 6.11. The van der Waals surface area contributed by atoms with Crippen LogP contribution in [0.3, 0.4) is 0 Å². The average molecular weight is 253 g/mol. The molecule has 3 heteroatoms. The predicted octanol–water partition coefficient (Wildman–Crippen LogP) is 3.12. The molecule has 0 amide bonds. The Labute approximate surface area is 90.3 Å². The molecule has 2 rings (SSSR count). The maximum absolute atomic E-state index is 9.86. The van der Waals surface area contributed by atoms with E-state index in [0.717, 1.165) is 10.0 Å². The van der Waals surface area contributed by atoms with Crippen molar-refractivity contribution in [3.63, 3.8) is 0 Å². The SMILES string of the molecule is OC(c1ccc(Br)cc1)c1ccco1. The van der Waals surface area contributed by atoms with Gasteiger partial charge in [-0.3, -0.25) is 0 Å². The van der Waals surface area contributed by atoms with E-state index in [1.54, 1.807) is 18.4 Å². The first-order valence-corrected chi connectivity index (χ1v) is 5.03. The Balaban J connectivity index is 2.28. The minimum absolute atomic E-state index is 0.562. The van der Waals surface area contributed by atoms with Gasteiger partial charge in [0, 0.05) is 4.47 Å². The molecule has 0 aliphatic heterocycles. The molecule has 1 atom stereocenters. The van der Waals surface area contributed by atoms with E-state index in [-0.39, 0.29) is 0 Å². The van der Waals surface area contributed by atoms with Gasteiger partial charge in [0.15, 0.2) is 0 Å². The number of rotatable bonds is 2. The Hall–Kier alpha value is -1.06. The van der Waals surface area contributed by atoms with Crippen molar-refractivity contribution in [2.75, 3.05) is 0 Å². The van der Waals surface area contributed by atoms with Gasteiger partial charge in [-0.1, -0.05) is 28.1 Å². The molecule has 0 radical (unpaired) electrons. The van der Waals surface area contributed by atoms with E-state index in [4.69, 9.17) is 4.42 Å². The Morgan fingerprint density at radius 3 is 2.43 bits per heavy atom. The van der Waals surface area contributed by atoms with Gasteiger partial charge in [-0.25, -0.2) is 0 Å². The van der Waals surface area contributed by atoms with Crippen LogP contribution in [-0.2, 0) is 0 Å². The minimum Gasteiger partial charge on any atom is -0.466 e. The van der Waals surface area contributed by atoms with Crippen molar-refractivity contribution >= 4 is 15.9 Å². The molecule has 2 aromatic rings. The molecule has 14 heavy (non-hydrogen) atoms. The summed E-state index contributed by atoms with van der Waals surface area (Å²) in [5.41, 5.74) is 0.822. The van der Waals surface area contributed by atoms with Gasteiger partial charge in [0.2, 0.25) is 0 Å². The number of hydrogen-bond donors (Lipinski definition) is 1. The first-order chi connectivity index (χ1) is 6.77. The van der Waals surface area contributed by atoms with Crippen LogP contribution in [-0.4, -0.2) is 5.11 Å². The van der Waals surface area contributed by atoms with E-state index in [9.17, 15) is 5.11 Å². The zero-order valence-electron chi connectivity index (χ0n) is 7.35. The van der Waals surface area contributed by atoms with Crippen molar-refractivity contribution in [3.05, 3.63) is 58.5 Å². The molecular weight excluding hydrogens is 244 g/mol. The number of aliphatic hydroxyl groups is 1. The largest absolute Gasteiger partial charge is 0.466 e. The van der Waals surface area contributed by atoms with Crippen molar-refractivity contribution in [2.45, 2.75) is 6.10 Å². The average Bonchev–Trinajstić information content (AvgIpc) is 2.71. The smallest absolute Gasteiger partial charge is 0.137 e. The zero-order valence-corrected chi connectivity index (χ0v) is 8.94. The quantitative estimate of drug-likeness (QED) is 0.891. The highest BCUT2D eigenvalue weighted by Gasteiger charge is 2.12.